The van der Waals surface area contributed by atoms with Crippen LogP contribution < -0.4 is 5.32 Å². The van der Waals surface area contributed by atoms with Gasteiger partial charge in [-0.2, -0.15) is 5.10 Å². The Kier molecular flexibility index (Phi) is 4.38. The quantitative estimate of drug-likeness (QED) is 0.757. The van der Waals surface area contributed by atoms with Gasteiger partial charge in [0.05, 0.1) is 17.3 Å². The molecule has 1 N–H and O–H groups in total. The summed E-state index contributed by atoms with van der Waals surface area (Å²) in [5.41, 5.74) is 0.955. The van der Waals surface area contributed by atoms with Gasteiger partial charge in [0.1, 0.15) is 4.88 Å². The topological polar surface area (TPSA) is 46.9 Å². The molecule has 3 aromatic rings. The van der Waals surface area contributed by atoms with Crippen LogP contribution in [0.4, 0.5) is 0 Å². The molecule has 3 rings (SSSR count). The maximum absolute atomic E-state index is 12.4. The van der Waals surface area contributed by atoms with Gasteiger partial charge >= 0.3 is 0 Å². The largest absolute Gasteiger partial charge is 0.346 e. The molecule has 0 bridgehead atoms. The van der Waals surface area contributed by atoms with Crippen molar-refractivity contribution in [2.75, 3.05) is 0 Å². The van der Waals surface area contributed by atoms with E-state index in [2.05, 4.69) is 10.4 Å². The van der Waals surface area contributed by atoms with Crippen LogP contribution in [0.5, 0.6) is 0 Å². The second-order valence-electron chi connectivity index (χ2n) is 4.71. The van der Waals surface area contributed by atoms with Crippen molar-refractivity contribution in [3.8, 4) is 0 Å². The molecule has 2 heterocycles. The molecule has 0 atom stereocenters. The van der Waals surface area contributed by atoms with Gasteiger partial charge in [0, 0.05) is 27.9 Å². The summed E-state index contributed by atoms with van der Waals surface area (Å²) in [6, 6.07) is 7.30. The minimum Gasteiger partial charge on any atom is -0.346 e. The number of rotatable bonds is 4. The third-order valence-corrected chi connectivity index (χ3v) is 5.22. The Balaban J connectivity index is 1.82. The highest BCUT2D eigenvalue weighted by molar-refractivity contribution is 7.21. The number of benzene rings is 1. The molecular weight excluding hydrogens is 341 g/mol. The number of carbonyl (C=O) groups excluding carboxylic acids is 1. The van der Waals surface area contributed by atoms with E-state index in [1.807, 2.05) is 29.8 Å². The van der Waals surface area contributed by atoms with Crippen molar-refractivity contribution < 1.29 is 4.79 Å². The highest BCUT2D eigenvalue weighted by Crippen LogP contribution is 2.36. The molecule has 22 heavy (non-hydrogen) atoms. The average molecular weight is 354 g/mol. The fourth-order valence-corrected chi connectivity index (χ4v) is 3.94. The lowest BCUT2D eigenvalue weighted by atomic mass is 10.2. The van der Waals surface area contributed by atoms with E-state index in [-0.39, 0.29) is 5.91 Å². The lowest BCUT2D eigenvalue weighted by Gasteiger charge is -2.06. The lowest BCUT2D eigenvalue weighted by Crippen LogP contribution is -2.23. The molecule has 0 unspecified atom stereocenters. The number of hydrogen-bond acceptors (Lipinski definition) is 3. The number of aromatic nitrogens is 2. The highest BCUT2D eigenvalue weighted by Gasteiger charge is 2.17. The van der Waals surface area contributed by atoms with Gasteiger partial charge < -0.3 is 5.32 Å². The molecule has 0 saturated heterocycles. The third kappa shape index (κ3) is 2.84. The Labute approximate surface area is 141 Å². The lowest BCUT2D eigenvalue weighted by molar-refractivity contribution is 0.0954. The van der Waals surface area contributed by atoms with Crippen LogP contribution >= 0.6 is 34.5 Å². The average Bonchev–Trinajstić information content (AvgIpc) is 3.09. The molecule has 0 aliphatic carbocycles. The van der Waals surface area contributed by atoms with E-state index in [0.29, 0.717) is 21.5 Å². The van der Waals surface area contributed by atoms with Crippen LogP contribution in [0.25, 0.3) is 10.1 Å². The number of aryl methyl sites for hydroxylation is 1. The van der Waals surface area contributed by atoms with Crippen LogP contribution in [0.1, 0.15) is 22.3 Å². The first-order valence-corrected chi connectivity index (χ1v) is 8.34. The summed E-state index contributed by atoms with van der Waals surface area (Å²) in [6.45, 7) is 3.18. The van der Waals surface area contributed by atoms with Crippen LogP contribution in [0, 0.1) is 0 Å². The molecule has 1 aromatic carbocycles. The van der Waals surface area contributed by atoms with Crippen LogP contribution in [0.2, 0.25) is 10.0 Å². The van der Waals surface area contributed by atoms with Gasteiger partial charge in [-0.05, 0) is 25.1 Å². The molecule has 114 valence electrons. The first-order chi connectivity index (χ1) is 10.6. The van der Waals surface area contributed by atoms with Crippen molar-refractivity contribution in [1.29, 1.82) is 0 Å². The Hall–Kier alpha value is -1.56. The number of fused-ring (bicyclic) bond motifs is 1. The van der Waals surface area contributed by atoms with Crippen LogP contribution in [-0.2, 0) is 13.1 Å². The Morgan fingerprint density at radius 2 is 2.18 bits per heavy atom. The van der Waals surface area contributed by atoms with Crippen LogP contribution in [0.15, 0.2) is 30.5 Å². The standard InChI is InChI=1S/C15H13Cl2N3OS/c1-2-20-10(5-6-19-20)8-18-15(21)14-13(17)11-4-3-9(16)7-12(11)22-14/h3-7H,2,8H2,1H3,(H,18,21). The predicted molar refractivity (Wildman–Crippen MR) is 90.9 cm³/mol. The summed E-state index contributed by atoms with van der Waals surface area (Å²) in [5, 5.41) is 9.01. The van der Waals surface area contributed by atoms with Crippen molar-refractivity contribution in [2.24, 2.45) is 0 Å². The van der Waals surface area contributed by atoms with Crippen LogP contribution in [0.3, 0.4) is 0 Å². The summed E-state index contributed by atoms with van der Waals surface area (Å²) < 4.78 is 2.74. The maximum atomic E-state index is 12.4. The van der Waals surface area contributed by atoms with E-state index in [9.17, 15) is 4.79 Å². The number of amides is 1. The fraction of sp³-hybridized carbons (Fsp3) is 0.200. The Morgan fingerprint density at radius 1 is 1.36 bits per heavy atom. The highest BCUT2D eigenvalue weighted by atomic mass is 35.5. The van der Waals surface area contributed by atoms with E-state index in [0.717, 1.165) is 22.3 Å². The molecular formula is C15H13Cl2N3OS. The Morgan fingerprint density at radius 3 is 2.95 bits per heavy atom. The smallest absolute Gasteiger partial charge is 0.263 e. The Bertz CT molecular complexity index is 841. The molecule has 0 radical (unpaired) electrons. The normalized spacial score (nSPS) is 11.0. The van der Waals surface area contributed by atoms with Gasteiger partial charge in [-0.3, -0.25) is 9.48 Å². The van der Waals surface area contributed by atoms with Crippen molar-refractivity contribution in [3.63, 3.8) is 0 Å². The first kappa shape index (κ1) is 15.3. The number of nitrogens with zero attached hydrogens (tertiary/aromatic N) is 2. The molecule has 0 aliphatic heterocycles. The second kappa shape index (κ2) is 6.28. The molecule has 7 heteroatoms. The van der Waals surface area contributed by atoms with E-state index in [1.165, 1.54) is 11.3 Å². The van der Waals surface area contributed by atoms with Gasteiger partial charge in [0.25, 0.3) is 5.91 Å². The minimum absolute atomic E-state index is 0.189. The summed E-state index contributed by atoms with van der Waals surface area (Å²) in [4.78, 5) is 12.9. The van der Waals surface area contributed by atoms with Gasteiger partial charge in [0.2, 0.25) is 0 Å². The van der Waals surface area contributed by atoms with E-state index in [4.69, 9.17) is 23.2 Å². The molecule has 0 aliphatic rings. The number of hydrogen-bond donors (Lipinski definition) is 1. The summed E-state index contributed by atoms with van der Waals surface area (Å²) in [6.07, 6.45) is 1.72. The van der Waals surface area contributed by atoms with Gasteiger partial charge in [-0.25, -0.2) is 0 Å². The first-order valence-electron chi connectivity index (χ1n) is 6.76. The molecule has 1 amide bonds. The summed E-state index contributed by atoms with van der Waals surface area (Å²) >= 11 is 13.6. The molecule has 4 nitrogen and oxygen atoms in total. The number of carbonyl (C=O) groups is 1. The zero-order chi connectivity index (χ0) is 15.7. The van der Waals surface area contributed by atoms with Crippen molar-refractivity contribution in [2.45, 2.75) is 20.0 Å². The van der Waals surface area contributed by atoms with E-state index < -0.39 is 0 Å². The fourth-order valence-electron chi connectivity index (χ4n) is 2.23. The van der Waals surface area contributed by atoms with Crippen molar-refractivity contribution >= 4 is 50.5 Å². The molecule has 0 fully saturated rings. The number of halogens is 2. The third-order valence-electron chi connectivity index (χ3n) is 3.33. The molecule has 0 saturated carbocycles. The van der Waals surface area contributed by atoms with Gasteiger partial charge in [-0.15, -0.1) is 11.3 Å². The summed E-state index contributed by atoms with van der Waals surface area (Å²) in [7, 11) is 0. The maximum Gasteiger partial charge on any atom is 0.263 e. The van der Waals surface area contributed by atoms with Crippen LogP contribution in [-0.4, -0.2) is 15.7 Å². The zero-order valence-corrected chi connectivity index (χ0v) is 14.1. The van der Waals surface area contributed by atoms with E-state index in [1.54, 1.807) is 12.3 Å². The van der Waals surface area contributed by atoms with Crippen molar-refractivity contribution in [3.05, 3.63) is 51.1 Å². The number of nitrogens with one attached hydrogen (secondary N) is 1. The zero-order valence-electron chi connectivity index (χ0n) is 11.8. The van der Waals surface area contributed by atoms with Crippen molar-refractivity contribution in [1.82, 2.24) is 15.1 Å². The predicted octanol–water partition coefficient (Wildman–Crippen LogP) is 4.35. The van der Waals surface area contributed by atoms with E-state index >= 15 is 0 Å². The number of thiophene rings is 1. The molecule has 2 aromatic heterocycles. The van der Waals surface area contributed by atoms with Gasteiger partial charge in [0.15, 0.2) is 0 Å². The second-order valence-corrected chi connectivity index (χ2v) is 6.57. The summed E-state index contributed by atoms with van der Waals surface area (Å²) in [5.74, 6) is -0.189. The monoisotopic (exact) mass is 353 g/mol. The SMILES string of the molecule is CCn1nccc1CNC(=O)c1sc2cc(Cl)ccc2c1Cl. The molecule has 0 spiro atoms. The minimum atomic E-state index is -0.189. The van der Waals surface area contributed by atoms with Gasteiger partial charge in [-0.1, -0.05) is 29.3 Å².